The SMILES string of the molecule is CCc1ccc(NC(=O)C2(C(=O)N3CCCCC3CC)CC2)cc1. The molecular weight excluding hydrogens is 300 g/mol. The molecule has 1 atom stereocenters. The first-order valence-corrected chi connectivity index (χ1v) is 9.32. The molecule has 2 amide bonds. The van der Waals surface area contributed by atoms with Crippen LogP contribution in [0.1, 0.15) is 57.9 Å². The van der Waals surface area contributed by atoms with E-state index in [0.717, 1.165) is 37.9 Å². The largest absolute Gasteiger partial charge is 0.339 e. The fourth-order valence-electron chi connectivity index (χ4n) is 3.70. The van der Waals surface area contributed by atoms with Gasteiger partial charge in [-0.25, -0.2) is 0 Å². The van der Waals surface area contributed by atoms with Gasteiger partial charge in [-0.15, -0.1) is 0 Å². The maximum atomic E-state index is 13.0. The van der Waals surface area contributed by atoms with E-state index in [1.54, 1.807) is 0 Å². The Morgan fingerprint density at radius 2 is 1.88 bits per heavy atom. The monoisotopic (exact) mass is 328 g/mol. The standard InChI is InChI=1S/C20H28N2O2/c1-3-15-8-10-16(11-9-15)21-18(23)20(12-13-20)19(24)22-14-6-5-7-17(22)4-2/h8-11,17H,3-7,12-14H2,1-2H3,(H,21,23). The van der Waals surface area contributed by atoms with Crippen LogP contribution in [0.15, 0.2) is 24.3 Å². The number of rotatable bonds is 5. The minimum atomic E-state index is -0.811. The number of carbonyl (C=O) groups excluding carboxylic acids is 2. The quantitative estimate of drug-likeness (QED) is 0.837. The number of aryl methyl sites for hydroxylation is 1. The molecule has 1 aliphatic carbocycles. The number of carbonyl (C=O) groups is 2. The first-order valence-electron chi connectivity index (χ1n) is 9.32. The molecule has 130 valence electrons. The van der Waals surface area contributed by atoms with Gasteiger partial charge in [-0.3, -0.25) is 9.59 Å². The Balaban J connectivity index is 1.69. The average molecular weight is 328 g/mol. The number of benzene rings is 1. The van der Waals surface area contributed by atoms with E-state index < -0.39 is 5.41 Å². The van der Waals surface area contributed by atoms with Crippen molar-refractivity contribution in [3.63, 3.8) is 0 Å². The predicted octanol–water partition coefficient (Wildman–Crippen LogP) is 3.76. The second kappa shape index (κ2) is 6.96. The highest BCUT2D eigenvalue weighted by molar-refractivity contribution is 6.13. The zero-order valence-corrected chi connectivity index (χ0v) is 14.8. The van der Waals surface area contributed by atoms with Crippen molar-refractivity contribution in [1.82, 2.24) is 4.90 Å². The van der Waals surface area contributed by atoms with Crippen molar-refractivity contribution in [2.75, 3.05) is 11.9 Å². The van der Waals surface area contributed by atoms with E-state index >= 15 is 0 Å². The molecule has 1 N–H and O–H groups in total. The molecule has 0 spiro atoms. The van der Waals surface area contributed by atoms with Gasteiger partial charge < -0.3 is 10.2 Å². The average Bonchev–Trinajstić information content (AvgIpc) is 3.43. The van der Waals surface area contributed by atoms with E-state index in [4.69, 9.17) is 0 Å². The molecule has 3 rings (SSSR count). The van der Waals surface area contributed by atoms with Crippen LogP contribution in [0.25, 0.3) is 0 Å². The lowest BCUT2D eigenvalue weighted by Gasteiger charge is -2.37. The third-order valence-electron chi connectivity index (χ3n) is 5.57. The van der Waals surface area contributed by atoms with Crippen LogP contribution in [0.3, 0.4) is 0 Å². The summed E-state index contributed by atoms with van der Waals surface area (Å²) in [6, 6.07) is 8.20. The summed E-state index contributed by atoms with van der Waals surface area (Å²) in [5.74, 6) is -0.0751. The van der Waals surface area contributed by atoms with Gasteiger partial charge in [-0.05, 0) is 62.6 Å². The minimum absolute atomic E-state index is 0.0525. The van der Waals surface area contributed by atoms with Crippen molar-refractivity contribution in [2.24, 2.45) is 5.41 Å². The van der Waals surface area contributed by atoms with Crippen molar-refractivity contribution in [3.05, 3.63) is 29.8 Å². The molecule has 4 heteroatoms. The fraction of sp³-hybridized carbons (Fsp3) is 0.600. The molecule has 0 bridgehead atoms. The third-order valence-corrected chi connectivity index (χ3v) is 5.57. The molecule has 1 heterocycles. The number of nitrogens with one attached hydrogen (secondary N) is 1. The number of hydrogen-bond donors (Lipinski definition) is 1. The first-order chi connectivity index (χ1) is 11.6. The van der Waals surface area contributed by atoms with Crippen LogP contribution < -0.4 is 5.32 Å². The first kappa shape index (κ1) is 17.0. The smallest absolute Gasteiger partial charge is 0.240 e. The molecule has 1 saturated carbocycles. The van der Waals surface area contributed by atoms with Gasteiger partial charge in [0.25, 0.3) is 0 Å². The Hall–Kier alpha value is -1.84. The van der Waals surface area contributed by atoms with Gasteiger partial charge in [0, 0.05) is 18.3 Å². The highest BCUT2D eigenvalue weighted by atomic mass is 16.2. The summed E-state index contributed by atoms with van der Waals surface area (Å²) in [6.45, 7) is 5.04. The molecule has 0 aromatic heterocycles. The Morgan fingerprint density at radius 1 is 1.17 bits per heavy atom. The van der Waals surface area contributed by atoms with Crippen LogP contribution in [-0.2, 0) is 16.0 Å². The van der Waals surface area contributed by atoms with Gasteiger partial charge >= 0.3 is 0 Å². The second-order valence-electron chi connectivity index (χ2n) is 7.14. The summed E-state index contributed by atoms with van der Waals surface area (Å²) in [4.78, 5) is 27.8. The van der Waals surface area contributed by atoms with E-state index in [1.807, 2.05) is 29.2 Å². The van der Waals surface area contributed by atoms with Crippen molar-refractivity contribution < 1.29 is 9.59 Å². The maximum Gasteiger partial charge on any atom is 0.240 e. The van der Waals surface area contributed by atoms with Gasteiger partial charge in [-0.2, -0.15) is 0 Å². The summed E-state index contributed by atoms with van der Waals surface area (Å²) >= 11 is 0. The molecule has 1 aromatic rings. The van der Waals surface area contributed by atoms with E-state index in [-0.39, 0.29) is 11.8 Å². The van der Waals surface area contributed by atoms with Crippen molar-refractivity contribution in [1.29, 1.82) is 0 Å². The third kappa shape index (κ3) is 3.19. The van der Waals surface area contributed by atoms with Crippen LogP contribution in [-0.4, -0.2) is 29.3 Å². The van der Waals surface area contributed by atoms with Gasteiger partial charge in [0.1, 0.15) is 5.41 Å². The van der Waals surface area contributed by atoms with Crippen LogP contribution in [0, 0.1) is 5.41 Å². The zero-order chi connectivity index (χ0) is 17.2. The number of nitrogens with zero attached hydrogens (tertiary/aromatic N) is 1. The summed E-state index contributed by atoms with van der Waals surface area (Å²) in [5, 5.41) is 2.96. The van der Waals surface area contributed by atoms with Crippen LogP contribution in [0.5, 0.6) is 0 Å². The lowest BCUT2D eigenvalue weighted by Crippen LogP contribution is -2.49. The summed E-state index contributed by atoms with van der Waals surface area (Å²) in [5.41, 5.74) is 1.21. The molecule has 1 aromatic carbocycles. The van der Waals surface area contributed by atoms with Crippen LogP contribution in [0.4, 0.5) is 5.69 Å². The minimum Gasteiger partial charge on any atom is -0.339 e. The Kier molecular flexibility index (Phi) is 4.93. The summed E-state index contributed by atoms with van der Waals surface area (Å²) < 4.78 is 0. The number of anilines is 1. The topological polar surface area (TPSA) is 49.4 Å². The van der Waals surface area contributed by atoms with Crippen molar-refractivity contribution in [3.8, 4) is 0 Å². The van der Waals surface area contributed by atoms with Gasteiger partial charge in [-0.1, -0.05) is 26.0 Å². The van der Waals surface area contributed by atoms with E-state index in [0.29, 0.717) is 18.9 Å². The Bertz CT molecular complexity index is 605. The van der Waals surface area contributed by atoms with E-state index in [2.05, 4.69) is 19.2 Å². The summed E-state index contributed by atoms with van der Waals surface area (Å²) in [6.07, 6.45) is 6.61. The highest BCUT2D eigenvalue weighted by Crippen LogP contribution is 2.49. The molecule has 1 unspecified atom stereocenters. The van der Waals surface area contributed by atoms with Crippen molar-refractivity contribution in [2.45, 2.75) is 64.8 Å². The fourth-order valence-corrected chi connectivity index (χ4v) is 3.70. The number of piperidine rings is 1. The molecule has 2 fully saturated rings. The molecule has 0 radical (unpaired) electrons. The molecule has 2 aliphatic rings. The van der Waals surface area contributed by atoms with Gasteiger partial charge in [0.15, 0.2) is 0 Å². The molecule has 1 saturated heterocycles. The van der Waals surface area contributed by atoms with Gasteiger partial charge in [0.2, 0.25) is 11.8 Å². The number of likely N-dealkylation sites (tertiary alicyclic amines) is 1. The number of amides is 2. The van der Waals surface area contributed by atoms with Crippen molar-refractivity contribution >= 4 is 17.5 Å². The van der Waals surface area contributed by atoms with Crippen LogP contribution in [0.2, 0.25) is 0 Å². The zero-order valence-electron chi connectivity index (χ0n) is 14.8. The maximum absolute atomic E-state index is 13.0. The lowest BCUT2D eigenvalue weighted by molar-refractivity contribution is -0.145. The lowest BCUT2D eigenvalue weighted by atomic mass is 9.95. The highest BCUT2D eigenvalue weighted by Gasteiger charge is 2.58. The molecule has 1 aliphatic heterocycles. The number of hydrogen-bond acceptors (Lipinski definition) is 2. The van der Waals surface area contributed by atoms with Gasteiger partial charge in [0.05, 0.1) is 0 Å². The normalized spacial score (nSPS) is 22.1. The molecule has 4 nitrogen and oxygen atoms in total. The molecular formula is C20H28N2O2. The van der Waals surface area contributed by atoms with E-state index in [1.165, 1.54) is 12.0 Å². The predicted molar refractivity (Wildman–Crippen MR) is 95.8 cm³/mol. The Labute approximate surface area is 144 Å². The molecule has 24 heavy (non-hydrogen) atoms. The van der Waals surface area contributed by atoms with Crippen LogP contribution >= 0.6 is 0 Å². The summed E-state index contributed by atoms with van der Waals surface area (Å²) in [7, 11) is 0. The Morgan fingerprint density at radius 3 is 2.46 bits per heavy atom. The van der Waals surface area contributed by atoms with E-state index in [9.17, 15) is 9.59 Å². The second-order valence-corrected chi connectivity index (χ2v) is 7.14.